The van der Waals surface area contributed by atoms with E-state index in [1.807, 2.05) is 24.3 Å². The first kappa shape index (κ1) is 12.5. The second-order valence-corrected chi connectivity index (χ2v) is 6.50. The highest BCUT2D eigenvalue weighted by atomic mass is 32.2. The molecule has 0 saturated heterocycles. The number of hydrogen-bond acceptors (Lipinski definition) is 3. The lowest BCUT2D eigenvalue weighted by molar-refractivity contribution is 0.463. The molecule has 0 radical (unpaired) electrons. The second kappa shape index (κ2) is 4.76. The molecule has 5 heteroatoms. The van der Waals surface area contributed by atoms with Gasteiger partial charge in [0, 0.05) is 19.6 Å². The first-order chi connectivity index (χ1) is 8.04. The van der Waals surface area contributed by atoms with Gasteiger partial charge in [0.25, 0.3) is 0 Å². The molecule has 2 N–H and O–H groups in total. The molecule has 0 bridgehead atoms. The summed E-state index contributed by atoms with van der Waals surface area (Å²) in [6.45, 7) is 0.374. The largest absolute Gasteiger partial charge is 0.326 e. The molecule has 0 aromatic heterocycles. The fourth-order valence-corrected chi connectivity index (χ4v) is 3.40. The fraction of sp³-hybridized carbons (Fsp3) is 0.500. The maximum absolute atomic E-state index is 12.1. The highest BCUT2D eigenvalue weighted by Gasteiger charge is 2.34. The fourth-order valence-electron chi connectivity index (χ4n) is 1.86. The zero-order chi connectivity index (χ0) is 12.5. The highest BCUT2D eigenvalue weighted by molar-refractivity contribution is 7.88. The van der Waals surface area contributed by atoms with Crippen LogP contribution in [-0.2, 0) is 22.3 Å². The van der Waals surface area contributed by atoms with Gasteiger partial charge in [-0.1, -0.05) is 24.3 Å². The molecule has 1 saturated carbocycles. The van der Waals surface area contributed by atoms with Gasteiger partial charge in [-0.15, -0.1) is 0 Å². The van der Waals surface area contributed by atoms with Crippen molar-refractivity contribution >= 4 is 10.0 Å². The molecule has 1 aromatic rings. The highest BCUT2D eigenvalue weighted by Crippen LogP contribution is 2.29. The molecule has 0 spiro atoms. The summed E-state index contributed by atoms with van der Waals surface area (Å²) < 4.78 is 25.8. The van der Waals surface area contributed by atoms with E-state index in [1.165, 1.54) is 4.31 Å². The molecule has 0 aliphatic heterocycles. The predicted molar refractivity (Wildman–Crippen MR) is 67.7 cm³/mol. The first-order valence-corrected chi connectivity index (χ1v) is 7.38. The third-order valence-corrected chi connectivity index (χ3v) is 5.03. The molecule has 4 nitrogen and oxygen atoms in total. The van der Waals surface area contributed by atoms with Crippen LogP contribution in [0.2, 0.25) is 0 Å². The van der Waals surface area contributed by atoms with Crippen LogP contribution in [0.3, 0.4) is 0 Å². The zero-order valence-electron chi connectivity index (χ0n) is 9.96. The van der Waals surface area contributed by atoms with E-state index in [0.717, 1.165) is 24.0 Å². The van der Waals surface area contributed by atoms with Crippen LogP contribution < -0.4 is 5.73 Å². The van der Waals surface area contributed by atoms with Gasteiger partial charge in [-0.05, 0) is 24.0 Å². The Hall–Kier alpha value is -0.910. The van der Waals surface area contributed by atoms with Gasteiger partial charge in [0.1, 0.15) is 0 Å². The van der Waals surface area contributed by atoms with Gasteiger partial charge in [-0.2, -0.15) is 0 Å². The Morgan fingerprint density at radius 2 is 1.88 bits per heavy atom. The van der Waals surface area contributed by atoms with Crippen molar-refractivity contribution in [2.45, 2.75) is 31.2 Å². The SMILES string of the molecule is CN(C1CC1)S(=O)(=O)Cc1ccccc1CN. The van der Waals surface area contributed by atoms with Gasteiger partial charge in [0.05, 0.1) is 5.75 Å². The minimum Gasteiger partial charge on any atom is -0.326 e. The van der Waals surface area contributed by atoms with Crippen molar-refractivity contribution in [3.8, 4) is 0 Å². The summed E-state index contributed by atoms with van der Waals surface area (Å²) in [6.07, 6.45) is 1.96. The first-order valence-electron chi connectivity index (χ1n) is 5.77. The second-order valence-electron chi connectivity index (χ2n) is 4.48. The van der Waals surface area contributed by atoms with Gasteiger partial charge < -0.3 is 5.73 Å². The lowest BCUT2D eigenvalue weighted by Gasteiger charge is -2.17. The Labute approximate surface area is 102 Å². The van der Waals surface area contributed by atoms with Crippen LogP contribution >= 0.6 is 0 Å². The molecule has 1 aliphatic rings. The molecular weight excluding hydrogens is 236 g/mol. The maximum atomic E-state index is 12.1. The molecule has 1 aliphatic carbocycles. The molecular formula is C12H18N2O2S. The Morgan fingerprint density at radius 3 is 2.41 bits per heavy atom. The van der Waals surface area contributed by atoms with Crippen LogP contribution in [0.4, 0.5) is 0 Å². The third-order valence-electron chi connectivity index (χ3n) is 3.18. The summed E-state index contributed by atoms with van der Waals surface area (Å²) in [4.78, 5) is 0. The van der Waals surface area contributed by atoms with E-state index in [1.54, 1.807) is 7.05 Å². The lowest BCUT2D eigenvalue weighted by Crippen LogP contribution is -2.30. The summed E-state index contributed by atoms with van der Waals surface area (Å²) in [5, 5.41) is 0. The summed E-state index contributed by atoms with van der Waals surface area (Å²) in [5.74, 6) is 0.0490. The van der Waals surface area contributed by atoms with Crippen LogP contribution in [-0.4, -0.2) is 25.8 Å². The van der Waals surface area contributed by atoms with Crippen molar-refractivity contribution in [1.82, 2.24) is 4.31 Å². The number of rotatable bonds is 5. The molecule has 0 heterocycles. The Kier molecular flexibility index (Phi) is 3.51. The Balaban J connectivity index is 2.19. The van der Waals surface area contributed by atoms with Crippen molar-refractivity contribution in [2.24, 2.45) is 5.73 Å². The van der Waals surface area contributed by atoms with E-state index in [0.29, 0.717) is 6.54 Å². The molecule has 1 aromatic carbocycles. The van der Waals surface area contributed by atoms with Crippen LogP contribution in [0, 0.1) is 0 Å². The quantitative estimate of drug-likeness (QED) is 0.855. The Bertz CT molecular complexity index is 495. The minimum absolute atomic E-state index is 0.0490. The standard InChI is InChI=1S/C12H18N2O2S/c1-14(12-6-7-12)17(15,16)9-11-5-3-2-4-10(11)8-13/h2-5,12H,6-9,13H2,1H3. The normalized spacial score (nSPS) is 16.4. The van der Waals surface area contributed by atoms with Crippen molar-refractivity contribution in [3.63, 3.8) is 0 Å². The predicted octanol–water partition coefficient (Wildman–Crippen LogP) is 1.07. The number of nitrogens with two attached hydrogens (primary N) is 1. The van der Waals surface area contributed by atoms with Crippen molar-refractivity contribution in [1.29, 1.82) is 0 Å². The zero-order valence-corrected chi connectivity index (χ0v) is 10.8. The van der Waals surface area contributed by atoms with E-state index in [-0.39, 0.29) is 11.8 Å². The molecule has 17 heavy (non-hydrogen) atoms. The summed E-state index contributed by atoms with van der Waals surface area (Å²) in [6, 6.07) is 7.65. The van der Waals surface area contributed by atoms with E-state index < -0.39 is 10.0 Å². The summed E-state index contributed by atoms with van der Waals surface area (Å²) >= 11 is 0. The average Bonchev–Trinajstić information content (AvgIpc) is 3.12. The smallest absolute Gasteiger partial charge is 0.218 e. The lowest BCUT2D eigenvalue weighted by atomic mass is 10.1. The van der Waals surface area contributed by atoms with E-state index in [4.69, 9.17) is 5.73 Å². The number of hydrogen-bond donors (Lipinski definition) is 1. The molecule has 94 valence electrons. The van der Waals surface area contributed by atoms with Crippen LogP contribution in [0.5, 0.6) is 0 Å². The minimum atomic E-state index is -3.20. The summed E-state index contributed by atoms with van der Waals surface area (Å²) in [7, 11) is -1.54. The van der Waals surface area contributed by atoms with E-state index in [9.17, 15) is 8.42 Å². The molecule has 0 unspecified atom stereocenters. The maximum Gasteiger partial charge on any atom is 0.218 e. The van der Waals surface area contributed by atoms with Gasteiger partial charge in [-0.25, -0.2) is 12.7 Å². The monoisotopic (exact) mass is 254 g/mol. The van der Waals surface area contributed by atoms with Crippen LogP contribution in [0.15, 0.2) is 24.3 Å². The van der Waals surface area contributed by atoms with Gasteiger partial charge in [0.15, 0.2) is 0 Å². The van der Waals surface area contributed by atoms with Crippen molar-refractivity contribution in [3.05, 3.63) is 35.4 Å². The number of sulfonamides is 1. The molecule has 0 amide bonds. The van der Waals surface area contributed by atoms with E-state index in [2.05, 4.69) is 0 Å². The number of benzene rings is 1. The topological polar surface area (TPSA) is 63.4 Å². The number of nitrogens with zero attached hydrogens (tertiary/aromatic N) is 1. The van der Waals surface area contributed by atoms with Crippen LogP contribution in [0.1, 0.15) is 24.0 Å². The molecule has 1 fully saturated rings. The van der Waals surface area contributed by atoms with Crippen molar-refractivity contribution < 1.29 is 8.42 Å². The molecule has 0 atom stereocenters. The third kappa shape index (κ3) is 2.86. The van der Waals surface area contributed by atoms with Gasteiger partial charge in [0.2, 0.25) is 10.0 Å². The van der Waals surface area contributed by atoms with Gasteiger partial charge >= 0.3 is 0 Å². The van der Waals surface area contributed by atoms with Gasteiger partial charge in [-0.3, -0.25) is 0 Å². The van der Waals surface area contributed by atoms with Crippen LogP contribution in [0.25, 0.3) is 0 Å². The average molecular weight is 254 g/mol. The molecule has 2 rings (SSSR count). The van der Waals surface area contributed by atoms with Crippen molar-refractivity contribution in [2.75, 3.05) is 7.05 Å². The van der Waals surface area contributed by atoms with E-state index >= 15 is 0 Å². The Morgan fingerprint density at radius 1 is 1.29 bits per heavy atom. The summed E-state index contributed by atoms with van der Waals surface area (Å²) in [5.41, 5.74) is 7.32.